The summed E-state index contributed by atoms with van der Waals surface area (Å²) in [6, 6.07) is 9.63. The molecule has 1 aromatic heterocycles. The topological polar surface area (TPSA) is 76.1 Å². The lowest BCUT2D eigenvalue weighted by Gasteiger charge is -2.09. The summed E-state index contributed by atoms with van der Waals surface area (Å²) in [6.45, 7) is 5.12. The average molecular weight is 409 g/mol. The molecule has 0 bridgehead atoms. The van der Waals surface area contributed by atoms with E-state index in [0.29, 0.717) is 10.2 Å². The molecule has 3 rings (SSSR count). The van der Waals surface area contributed by atoms with Gasteiger partial charge in [-0.25, -0.2) is 13.4 Å². The van der Waals surface area contributed by atoms with E-state index in [4.69, 9.17) is 11.6 Å². The van der Waals surface area contributed by atoms with Gasteiger partial charge in [0.2, 0.25) is 0 Å². The Morgan fingerprint density at radius 1 is 1.23 bits per heavy atom. The van der Waals surface area contributed by atoms with Gasteiger partial charge in [0.05, 0.1) is 20.4 Å². The highest BCUT2D eigenvalue weighted by molar-refractivity contribution is 7.92. The third-order valence-electron chi connectivity index (χ3n) is 3.92. The predicted octanol–water partition coefficient (Wildman–Crippen LogP) is 4.69. The number of benzene rings is 2. The van der Waals surface area contributed by atoms with Crippen LogP contribution in [0.15, 0.2) is 41.3 Å². The van der Waals surface area contributed by atoms with Crippen LogP contribution in [0.25, 0.3) is 10.2 Å². The summed E-state index contributed by atoms with van der Waals surface area (Å²) in [6.07, 6.45) is 0. The maximum atomic E-state index is 12.5. The number of nitrogens with zero attached hydrogens (tertiary/aromatic N) is 1. The van der Waals surface area contributed by atoms with E-state index in [9.17, 15) is 13.2 Å². The van der Waals surface area contributed by atoms with Gasteiger partial charge in [0.15, 0.2) is 15.0 Å². The first-order valence-corrected chi connectivity index (χ1v) is 10.6. The molecule has 0 aliphatic rings. The fourth-order valence-electron chi connectivity index (χ4n) is 2.46. The van der Waals surface area contributed by atoms with Gasteiger partial charge in [-0.15, -0.1) is 0 Å². The van der Waals surface area contributed by atoms with Crippen LogP contribution >= 0.6 is 22.9 Å². The maximum absolute atomic E-state index is 12.5. The Kier molecular flexibility index (Phi) is 5.05. The molecule has 26 heavy (non-hydrogen) atoms. The summed E-state index contributed by atoms with van der Waals surface area (Å²) >= 11 is 7.37. The Morgan fingerprint density at radius 2 is 1.96 bits per heavy atom. The smallest absolute Gasteiger partial charge is 0.257 e. The van der Waals surface area contributed by atoms with Crippen LogP contribution in [-0.4, -0.2) is 24.6 Å². The first kappa shape index (κ1) is 18.8. The lowest BCUT2D eigenvalue weighted by molar-refractivity contribution is 0.102. The van der Waals surface area contributed by atoms with Gasteiger partial charge in [-0.3, -0.25) is 10.1 Å². The number of carbonyl (C=O) groups excluding carboxylic acids is 1. The Bertz CT molecular complexity index is 1100. The van der Waals surface area contributed by atoms with Gasteiger partial charge in [-0.05, 0) is 56.7 Å². The van der Waals surface area contributed by atoms with Crippen LogP contribution in [-0.2, 0) is 9.84 Å². The number of rotatable bonds is 4. The molecule has 0 spiro atoms. The fourth-order valence-corrected chi connectivity index (χ4v) is 4.88. The molecule has 3 aromatic rings. The number of aryl methyl sites for hydroxylation is 1. The third-order valence-corrected chi connectivity index (χ3v) is 7.20. The molecule has 1 N–H and O–H groups in total. The van der Waals surface area contributed by atoms with Gasteiger partial charge in [-0.2, -0.15) is 0 Å². The normalized spacial score (nSPS) is 11.9. The van der Waals surface area contributed by atoms with Crippen molar-refractivity contribution in [1.82, 2.24) is 4.98 Å². The summed E-state index contributed by atoms with van der Waals surface area (Å²) < 4.78 is 25.5. The van der Waals surface area contributed by atoms with Crippen molar-refractivity contribution >= 4 is 54.0 Å². The van der Waals surface area contributed by atoms with Crippen molar-refractivity contribution in [2.45, 2.75) is 30.9 Å². The van der Waals surface area contributed by atoms with E-state index in [-0.39, 0.29) is 10.5 Å². The van der Waals surface area contributed by atoms with Crippen molar-refractivity contribution in [2.75, 3.05) is 5.32 Å². The second-order valence-corrected chi connectivity index (χ2v) is 10.1. The van der Waals surface area contributed by atoms with Gasteiger partial charge in [0.1, 0.15) is 0 Å². The number of nitrogens with one attached hydrogen (secondary N) is 1. The Balaban J connectivity index is 1.90. The number of anilines is 1. The SMILES string of the molecule is Cc1cc(Cl)cc2sc(NC(=O)c3cccc(S(=O)(=O)C(C)C)c3)nc12. The van der Waals surface area contributed by atoms with Gasteiger partial charge in [-0.1, -0.05) is 29.0 Å². The lowest BCUT2D eigenvalue weighted by atomic mass is 10.2. The van der Waals surface area contributed by atoms with Crippen LogP contribution in [0.3, 0.4) is 0 Å². The molecule has 0 aliphatic heterocycles. The van der Waals surface area contributed by atoms with Crippen LogP contribution in [0.2, 0.25) is 5.02 Å². The molecule has 8 heteroatoms. The van der Waals surface area contributed by atoms with E-state index in [2.05, 4.69) is 10.3 Å². The highest BCUT2D eigenvalue weighted by atomic mass is 35.5. The van der Waals surface area contributed by atoms with Crippen molar-refractivity contribution in [3.8, 4) is 0 Å². The van der Waals surface area contributed by atoms with Crippen molar-refractivity contribution in [2.24, 2.45) is 0 Å². The van der Waals surface area contributed by atoms with E-state index in [0.717, 1.165) is 15.8 Å². The second kappa shape index (κ2) is 6.98. The molecule has 5 nitrogen and oxygen atoms in total. The minimum Gasteiger partial charge on any atom is -0.298 e. The highest BCUT2D eigenvalue weighted by Gasteiger charge is 2.20. The minimum absolute atomic E-state index is 0.132. The second-order valence-electron chi connectivity index (χ2n) is 6.16. The minimum atomic E-state index is -3.44. The van der Waals surface area contributed by atoms with Gasteiger partial charge >= 0.3 is 0 Å². The number of halogens is 1. The Labute approximate surface area is 160 Å². The van der Waals surface area contributed by atoms with E-state index >= 15 is 0 Å². The molecule has 2 aromatic carbocycles. The monoisotopic (exact) mass is 408 g/mol. The molecule has 1 amide bonds. The Morgan fingerprint density at radius 3 is 2.65 bits per heavy atom. The molecule has 0 unspecified atom stereocenters. The molecule has 0 fully saturated rings. The molecular weight excluding hydrogens is 392 g/mol. The maximum Gasteiger partial charge on any atom is 0.257 e. The van der Waals surface area contributed by atoms with Gasteiger partial charge in [0, 0.05) is 10.6 Å². The van der Waals surface area contributed by atoms with Gasteiger partial charge in [0.25, 0.3) is 5.91 Å². The van der Waals surface area contributed by atoms with Crippen LogP contribution in [0.1, 0.15) is 29.8 Å². The number of sulfone groups is 1. The van der Waals surface area contributed by atoms with E-state index in [1.165, 1.54) is 23.5 Å². The zero-order chi connectivity index (χ0) is 19.1. The third kappa shape index (κ3) is 3.60. The average Bonchev–Trinajstić information content (AvgIpc) is 2.97. The summed E-state index contributed by atoms with van der Waals surface area (Å²) in [5.41, 5.74) is 1.97. The van der Waals surface area contributed by atoms with Crippen LogP contribution < -0.4 is 5.32 Å². The Hall–Kier alpha value is -1.96. The summed E-state index contributed by atoms with van der Waals surface area (Å²) in [4.78, 5) is 17.1. The predicted molar refractivity (Wildman–Crippen MR) is 106 cm³/mol. The number of carbonyl (C=O) groups is 1. The van der Waals surface area contributed by atoms with Crippen LogP contribution in [0, 0.1) is 6.92 Å². The fraction of sp³-hybridized carbons (Fsp3) is 0.222. The highest BCUT2D eigenvalue weighted by Crippen LogP contribution is 2.31. The largest absolute Gasteiger partial charge is 0.298 e. The summed E-state index contributed by atoms with van der Waals surface area (Å²) in [5.74, 6) is -0.409. The van der Waals surface area contributed by atoms with Crippen LogP contribution in [0.5, 0.6) is 0 Å². The summed E-state index contributed by atoms with van der Waals surface area (Å²) in [5, 5.41) is 3.23. The van der Waals surface area contributed by atoms with E-state index in [1.54, 1.807) is 32.0 Å². The van der Waals surface area contributed by atoms with Gasteiger partial charge < -0.3 is 0 Å². The molecule has 1 heterocycles. The summed E-state index contributed by atoms with van der Waals surface area (Å²) in [7, 11) is -3.44. The molecule has 0 saturated heterocycles. The van der Waals surface area contributed by atoms with Crippen molar-refractivity contribution < 1.29 is 13.2 Å². The quantitative estimate of drug-likeness (QED) is 0.679. The van der Waals surface area contributed by atoms with Crippen molar-refractivity contribution in [3.63, 3.8) is 0 Å². The zero-order valence-corrected chi connectivity index (χ0v) is 16.8. The number of thiazole rings is 1. The zero-order valence-electron chi connectivity index (χ0n) is 14.4. The van der Waals surface area contributed by atoms with Crippen LogP contribution in [0.4, 0.5) is 5.13 Å². The lowest BCUT2D eigenvalue weighted by Crippen LogP contribution is -2.16. The molecule has 136 valence electrons. The number of fused-ring (bicyclic) bond motifs is 1. The molecule has 0 aliphatic carbocycles. The molecular formula is C18H17ClN2O3S2. The first-order chi connectivity index (χ1) is 12.2. The first-order valence-electron chi connectivity index (χ1n) is 7.90. The number of aromatic nitrogens is 1. The number of hydrogen-bond donors (Lipinski definition) is 1. The standard InChI is InChI=1S/C18H17ClN2O3S2/c1-10(2)26(23,24)14-6-4-5-12(8-14)17(22)21-18-20-16-11(3)7-13(19)9-15(16)25-18/h4-10H,1-3H3,(H,20,21,22). The number of hydrogen-bond acceptors (Lipinski definition) is 5. The molecule has 0 atom stereocenters. The van der Waals surface area contributed by atoms with Crippen molar-refractivity contribution in [1.29, 1.82) is 0 Å². The number of amides is 1. The van der Waals surface area contributed by atoms with E-state index < -0.39 is 21.0 Å². The molecule has 0 radical (unpaired) electrons. The van der Waals surface area contributed by atoms with E-state index in [1.807, 2.05) is 13.0 Å². The van der Waals surface area contributed by atoms with Crippen molar-refractivity contribution in [3.05, 3.63) is 52.5 Å². The molecule has 0 saturated carbocycles.